The largest absolute Gasteiger partial charge is 0.379 e. The maximum Gasteiger partial charge on any atom is 0.0701 e. The molecule has 0 spiro atoms. The molecule has 2 N–H and O–H groups in total. The Labute approximate surface area is 124 Å². The Bertz CT molecular complexity index is 218. The first-order valence-corrected chi connectivity index (χ1v) is 8.29. The van der Waals surface area contributed by atoms with Gasteiger partial charge in [-0.15, -0.1) is 0 Å². The van der Waals surface area contributed by atoms with E-state index in [9.17, 15) is 0 Å². The van der Waals surface area contributed by atoms with Gasteiger partial charge in [-0.05, 0) is 25.7 Å². The van der Waals surface area contributed by atoms with E-state index in [4.69, 9.17) is 19.9 Å². The summed E-state index contributed by atoms with van der Waals surface area (Å²) in [5, 5.41) is 0. The molecule has 0 aromatic carbocycles. The first-order chi connectivity index (χ1) is 9.77. The molecule has 4 nitrogen and oxygen atoms in total. The molecule has 1 saturated carbocycles. The lowest BCUT2D eigenvalue weighted by Gasteiger charge is -2.33. The van der Waals surface area contributed by atoms with E-state index >= 15 is 0 Å². The molecule has 0 aliphatic heterocycles. The van der Waals surface area contributed by atoms with E-state index in [1.165, 1.54) is 25.7 Å². The Morgan fingerprint density at radius 3 is 1.95 bits per heavy atom. The van der Waals surface area contributed by atoms with Gasteiger partial charge in [0.2, 0.25) is 0 Å². The second-order valence-electron chi connectivity index (χ2n) is 5.86. The summed E-state index contributed by atoms with van der Waals surface area (Å²) in [7, 11) is 0. The van der Waals surface area contributed by atoms with Gasteiger partial charge in [-0.1, -0.05) is 32.6 Å². The lowest BCUT2D eigenvalue weighted by molar-refractivity contribution is 0.0100. The molecule has 20 heavy (non-hydrogen) atoms. The third-order valence-corrected chi connectivity index (χ3v) is 3.98. The highest BCUT2D eigenvalue weighted by Crippen LogP contribution is 2.28. The van der Waals surface area contributed by atoms with E-state index in [0.717, 1.165) is 38.9 Å². The summed E-state index contributed by atoms with van der Waals surface area (Å²) >= 11 is 0. The summed E-state index contributed by atoms with van der Waals surface area (Å²) in [6.45, 7) is 6.41. The molecule has 0 aromatic rings. The minimum atomic E-state index is 0.0340. The van der Waals surface area contributed by atoms with Crippen LogP contribution in [-0.2, 0) is 14.2 Å². The fourth-order valence-corrected chi connectivity index (χ4v) is 2.57. The average Bonchev–Trinajstić information content (AvgIpc) is 2.45. The van der Waals surface area contributed by atoms with Gasteiger partial charge in [-0.3, -0.25) is 0 Å². The number of nitrogens with two attached hydrogens (primary N) is 1. The molecule has 1 rings (SSSR count). The number of hydrogen-bond donors (Lipinski definition) is 1. The quantitative estimate of drug-likeness (QED) is 0.561. The Hall–Kier alpha value is -0.160. The second-order valence-corrected chi connectivity index (χ2v) is 5.86. The van der Waals surface area contributed by atoms with Crippen molar-refractivity contribution in [2.45, 2.75) is 63.8 Å². The van der Waals surface area contributed by atoms with Crippen LogP contribution in [0, 0.1) is 0 Å². The summed E-state index contributed by atoms with van der Waals surface area (Å²) in [5.41, 5.74) is 6.39. The molecule has 0 bridgehead atoms. The standard InChI is InChI=1S/C16H33NO3/c1-2-3-10-18-12-14-20-15-13-19-11-9-16(17)7-5-4-6-8-16/h2-15,17H2,1H3. The van der Waals surface area contributed by atoms with Crippen molar-refractivity contribution in [3.8, 4) is 0 Å². The molecule has 0 atom stereocenters. The molecule has 0 radical (unpaired) electrons. The van der Waals surface area contributed by atoms with Gasteiger partial charge in [-0.2, -0.15) is 0 Å². The van der Waals surface area contributed by atoms with Crippen molar-refractivity contribution in [3.05, 3.63) is 0 Å². The lowest BCUT2D eigenvalue weighted by atomic mass is 9.80. The van der Waals surface area contributed by atoms with Gasteiger partial charge >= 0.3 is 0 Å². The van der Waals surface area contributed by atoms with Crippen LogP contribution in [0.15, 0.2) is 0 Å². The van der Waals surface area contributed by atoms with Crippen LogP contribution in [0.2, 0.25) is 0 Å². The van der Waals surface area contributed by atoms with Crippen molar-refractivity contribution in [2.24, 2.45) is 5.73 Å². The molecule has 4 heteroatoms. The van der Waals surface area contributed by atoms with Gasteiger partial charge in [0.1, 0.15) is 0 Å². The molecule has 0 saturated heterocycles. The normalized spacial score (nSPS) is 18.3. The van der Waals surface area contributed by atoms with Crippen LogP contribution < -0.4 is 5.73 Å². The molecular formula is C16H33NO3. The monoisotopic (exact) mass is 287 g/mol. The van der Waals surface area contributed by atoms with Crippen molar-refractivity contribution >= 4 is 0 Å². The fraction of sp³-hybridized carbons (Fsp3) is 1.00. The van der Waals surface area contributed by atoms with E-state index in [2.05, 4.69) is 6.92 Å². The molecule has 0 amide bonds. The van der Waals surface area contributed by atoms with Crippen LogP contribution in [0.25, 0.3) is 0 Å². The van der Waals surface area contributed by atoms with E-state index in [1.807, 2.05) is 0 Å². The number of ether oxygens (including phenoxy) is 3. The Morgan fingerprint density at radius 1 is 0.800 bits per heavy atom. The lowest BCUT2D eigenvalue weighted by Crippen LogP contribution is -2.42. The Balaban J connectivity index is 1.80. The number of unbranched alkanes of at least 4 members (excludes halogenated alkanes) is 1. The molecule has 0 unspecified atom stereocenters. The Kier molecular flexibility index (Phi) is 10.3. The predicted octanol–water partition coefficient (Wildman–Crippen LogP) is 2.89. The zero-order valence-electron chi connectivity index (χ0n) is 13.2. The van der Waals surface area contributed by atoms with Crippen LogP contribution in [0.4, 0.5) is 0 Å². The average molecular weight is 287 g/mol. The summed E-state index contributed by atoms with van der Waals surface area (Å²) < 4.78 is 16.5. The summed E-state index contributed by atoms with van der Waals surface area (Å²) in [4.78, 5) is 0. The summed E-state index contributed by atoms with van der Waals surface area (Å²) in [6, 6.07) is 0. The van der Waals surface area contributed by atoms with Crippen molar-refractivity contribution in [1.29, 1.82) is 0 Å². The van der Waals surface area contributed by atoms with Gasteiger partial charge in [0, 0.05) is 18.8 Å². The predicted molar refractivity (Wildman–Crippen MR) is 82.0 cm³/mol. The maximum absolute atomic E-state index is 6.35. The maximum atomic E-state index is 6.35. The van der Waals surface area contributed by atoms with E-state index < -0.39 is 0 Å². The van der Waals surface area contributed by atoms with Crippen molar-refractivity contribution in [1.82, 2.24) is 0 Å². The van der Waals surface area contributed by atoms with Crippen LogP contribution in [0.5, 0.6) is 0 Å². The highest BCUT2D eigenvalue weighted by Gasteiger charge is 2.26. The molecule has 1 fully saturated rings. The van der Waals surface area contributed by atoms with Crippen molar-refractivity contribution in [2.75, 3.05) is 39.6 Å². The molecular weight excluding hydrogens is 254 g/mol. The van der Waals surface area contributed by atoms with Crippen LogP contribution in [0.3, 0.4) is 0 Å². The second kappa shape index (κ2) is 11.5. The number of hydrogen-bond acceptors (Lipinski definition) is 4. The smallest absolute Gasteiger partial charge is 0.0701 e. The van der Waals surface area contributed by atoms with Crippen LogP contribution >= 0.6 is 0 Å². The van der Waals surface area contributed by atoms with Gasteiger partial charge in [0.25, 0.3) is 0 Å². The van der Waals surface area contributed by atoms with Gasteiger partial charge in [-0.25, -0.2) is 0 Å². The third-order valence-electron chi connectivity index (χ3n) is 3.98. The molecule has 120 valence electrons. The van der Waals surface area contributed by atoms with E-state index in [-0.39, 0.29) is 5.54 Å². The molecule has 0 heterocycles. The molecule has 1 aliphatic rings. The SMILES string of the molecule is CCCCOCCOCCOCCC1(N)CCCCC1. The number of rotatable bonds is 12. The first-order valence-electron chi connectivity index (χ1n) is 8.29. The van der Waals surface area contributed by atoms with E-state index in [1.54, 1.807) is 0 Å². The minimum absolute atomic E-state index is 0.0340. The molecule has 0 aromatic heterocycles. The van der Waals surface area contributed by atoms with Crippen molar-refractivity contribution < 1.29 is 14.2 Å². The van der Waals surface area contributed by atoms with Crippen molar-refractivity contribution in [3.63, 3.8) is 0 Å². The van der Waals surface area contributed by atoms with Crippen LogP contribution in [0.1, 0.15) is 58.3 Å². The van der Waals surface area contributed by atoms with E-state index in [0.29, 0.717) is 26.4 Å². The highest BCUT2D eigenvalue weighted by molar-refractivity contribution is 4.86. The fourth-order valence-electron chi connectivity index (χ4n) is 2.57. The van der Waals surface area contributed by atoms with Gasteiger partial charge < -0.3 is 19.9 Å². The third kappa shape index (κ3) is 8.90. The highest BCUT2D eigenvalue weighted by atomic mass is 16.5. The van der Waals surface area contributed by atoms with Gasteiger partial charge in [0.05, 0.1) is 26.4 Å². The molecule has 1 aliphatic carbocycles. The minimum Gasteiger partial charge on any atom is -0.379 e. The van der Waals surface area contributed by atoms with Crippen LogP contribution in [-0.4, -0.2) is 45.2 Å². The summed E-state index contributed by atoms with van der Waals surface area (Å²) in [6.07, 6.45) is 9.49. The summed E-state index contributed by atoms with van der Waals surface area (Å²) in [5.74, 6) is 0. The zero-order valence-corrected chi connectivity index (χ0v) is 13.2. The first kappa shape index (κ1) is 17.9. The zero-order chi connectivity index (χ0) is 14.5. The van der Waals surface area contributed by atoms with Gasteiger partial charge in [0.15, 0.2) is 0 Å². The topological polar surface area (TPSA) is 53.7 Å². The Morgan fingerprint density at radius 2 is 1.35 bits per heavy atom.